The Balaban J connectivity index is 1.53. The Labute approximate surface area is 153 Å². The van der Waals surface area contributed by atoms with E-state index in [0.29, 0.717) is 24.4 Å². The molecular formula is C21H35N3O. The molecule has 0 bridgehead atoms. The first-order chi connectivity index (χ1) is 12.0. The van der Waals surface area contributed by atoms with Gasteiger partial charge in [-0.05, 0) is 35.9 Å². The van der Waals surface area contributed by atoms with Crippen LogP contribution < -0.4 is 0 Å². The molecule has 2 atom stereocenters. The van der Waals surface area contributed by atoms with E-state index in [1.54, 1.807) is 0 Å². The fraction of sp³-hybridized carbons (Fsp3) is 0.714. The molecule has 3 rings (SSSR count). The summed E-state index contributed by atoms with van der Waals surface area (Å²) in [7, 11) is 2.20. The second kappa shape index (κ2) is 8.63. The zero-order valence-electron chi connectivity index (χ0n) is 16.2. The Kier molecular flexibility index (Phi) is 6.50. The number of rotatable bonds is 6. The van der Waals surface area contributed by atoms with Crippen molar-refractivity contribution in [2.24, 2.45) is 11.8 Å². The molecule has 25 heavy (non-hydrogen) atoms. The van der Waals surface area contributed by atoms with Crippen LogP contribution in [0.25, 0.3) is 0 Å². The summed E-state index contributed by atoms with van der Waals surface area (Å²) < 4.78 is 0. The SMILES string of the molecule is CC(C)c1ccc(CN2C[C@@H](CN3CCN(C)CC3)[C@@H](CO)C2)cc1. The van der Waals surface area contributed by atoms with Crippen molar-refractivity contribution in [2.75, 3.05) is 59.5 Å². The third-order valence-electron chi connectivity index (χ3n) is 6.03. The molecule has 2 aliphatic rings. The van der Waals surface area contributed by atoms with Gasteiger partial charge in [0.15, 0.2) is 0 Å². The van der Waals surface area contributed by atoms with Crippen LogP contribution in [0.4, 0.5) is 0 Å². The lowest BCUT2D eigenvalue weighted by Crippen LogP contribution is -2.47. The van der Waals surface area contributed by atoms with Crippen LogP contribution in [0.15, 0.2) is 24.3 Å². The number of likely N-dealkylation sites (N-methyl/N-ethyl adjacent to an activating group) is 1. The Morgan fingerprint density at radius 2 is 1.60 bits per heavy atom. The summed E-state index contributed by atoms with van der Waals surface area (Å²) in [4.78, 5) is 7.53. The van der Waals surface area contributed by atoms with Gasteiger partial charge in [-0.2, -0.15) is 0 Å². The molecule has 1 aromatic rings. The van der Waals surface area contributed by atoms with E-state index in [4.69, 9.17) is 0 Å². The van der Waals surface area contributed by atoms with Gasteiger partial charge in [0.1, 0.15) is 0 Å². The molecule has 2 fully saturated rings. The topological polar surface area (TPSA) is 30.0 Å². The third-order valence-corrected chi connectivity index (χ3v) is 6.03. The first kappa shape index (κ1) is 18.8. The first-order valence-electron chi connectivity index (χ1n) is 9.88. The van der Waals surface area contributed by atoms with Crippen LogP contribution in [0.5, 0.6) is 0 Å². The van der Waals surface area contributed by atoms with E-state index in [9.17, 15) is 5.11 Å². The van der Waals surface area contributed by atoms with E-state index in [-0.39, 0.29) is 0 Å². The molecule has 2 aliphatic heterocycles. The molecule has 2 heterocycles. The average molecular weight is 346 g/mol. The lowest BCUT2D eigenvalue weighted by molar-refractivity contribution is 0.116. The molecule has 4 nitrogen and oxygen atoms in total. The molecule has 1 aromatic carbocycles. The maximum Gasteiger partial charge on any atom is 0.0475 e. The molecule has 0 spiro atoms. The average Bonchev–Trinajstić information content (AvgIpc) is 2.99. The minimum absolute atomic E-state index is 0.321. The second-order valence-electron chi connectivity index (χ2n) is 8.40. The van der Waals surface area contributed by atoms with Crippen LogP contribution in [-0.4, -0.2) is 79.3 Å². The molecule has 2 saturated heterocycles. The normalized spacial score (nSPS) is 26.6. The molecule has 4 heteroatoms. The number of nitrogens with zero attached hydrogens (tertiary/aromatic N) is 3. The number of hydrogen-bond acceptors (Lipinski definition) is 4. The molecule has 0 radical (unpaired) electrons. The highest BCUT2D eigenvalue weighted by Gasteiger charge is 2.33. The maximum atomic E-state index is 9.84. The van der Waals surface area contributed by atoms with Gasteiger partial charge in [0.2, 0.25) is 0 Å². The van der Waals surface area contributed by atoms with E-state index in [2.05, 4.69) is 59.9 Å². The van der Waals surface area contributed by atoms with Crippen LogP contribution in [-0.2, 0) is 6.54 Å². The van der Waals surface area contributed by atoms with E-state index in [1.807, 2.05) is 0 Å². The van der Waals surface area contributed by atoms with Crippen molar-refractivity contribution in [3.63, 3.8) is 0 Å². The number of hydrogen-bond donors (Lipinski definition) is 1. The number of piperazine rings is 1. The number of likely N-dealkylation sites (tertiary alicyclic amines) is 1. The fourth-order valence-corrected chi connectivity index (χ4v) is 4.21. The largest absolute Gasteiger partial charge is 0.396 e. The Morgan fingerprint density at radius 3 is 2.20 bits per heavy atom. The quantitative estimate of drug-likeness (QED) is 0.855. The van der Waals surface area contributed by atoms with Crippen molar-refractivity contribution < 1.29 is 5.11 Å². The van der Waals surface area contributed by atoms with Gasteiger partial charge in [-0.25, -0.2) is 0 Å². The molecule has 0 amide bonds. The van der Waals surface area contributed by atoms with Crippen LogP contribution in [0.1, 0.15) is 30.9 Å². The molecule has 0 aromatic heterocycles. The van der Waals surface area contributed by atoms with Gasteiger partial charge < -0.3 is 14.9 Å². The van der Waals surface area contributed by atoms with Crippen molar-refractivity contribution in [2.45, 2.75) is 26.3 Å². The van der Waals surface area contributed by atoms with Crippen molar-refractivity contribution >= 4 is 0 Å². The minimum atomic E-state index is 0.321. The summed E-state index contributed by atoms with van der Waals surface area (Å²) in [5, 5.41) is 9.84. The summed E-state index contributed by atoms with van der Waals surface area (Å²) in [5.74, 6) is 1.62. The molecule has 140 valence electrons. The summed E-state index contributed by atoms with van der Waals surface area (Å²) in [5.41, 5.74) is 2.80. The Morgan fingerprint density at radius 1 is 0.960 bits per heavy atom. The Bertz CT molecular complexity index is 522. The molecule has 0 unspecified atom stereocenters. The van der Waals surface area contributed by atoms with Crippen LogP contribution in [0, 0.1) is 11.8 Å². The highest BCUT2D eigenvalue weighted by atomic mass is 16.3. The lowest BCUT2D eigenvalue weighted by Gasteiger charge is -2.34. The summed E-state index contributed by atoms with van der Waals surface area (Å²) >= 11 is 0. The van der Waals surface area contributed by atoms with E-state index in [0.717, 1.165) is 26.2 Å². The predicted octanol–water partition coefficient (Wildman–Crippen LogP) is 2.10. The van der Waals surface area contributed by atoms with Crippen LogP contribution in [0.3, 0.4) is 0 Å². The van der Waals surface area contributed by atoms with Gasteiger partial charge in [-0.3, -0.25) is 4.90 Å². The van der Waals surface area contributed by atoms with Crippen LogP contribution in [0.2, 0.25) is 0 Å². The fourth-order valence-electron chi connectivity index (χ4n) is 4.21. The summed E-state index contributed by atoms with van der Waals surface area (Å²) in [6.45, 7) is 13.8. The van der Waals surface area contributed by atoms with Crippen LogP contribution >= 0.6 is 0 Å². The zero-order chi connectivity index (χ0) is 17.8. The maximum absolute atomic E-state index is 9.84. The third kappa shape index (κ3) is 5.04. The van der Waals surface area contributed by atoms with Gasteiger partial charge >= 0.3 is 0 Å². The summed E-state index contributed by atoms with van der Waals surface area (Å²) in [6.07, 6.45) is 0. The molecular weight excluding hydrogens is 310 g/mol. The van der Waals surface area contributed by atoms with Crippen molar-refractivity contribution in [3.8, 4) is 0 Å². The summed E-state index contributed by atoms with van der Waals surface area (Å²) in [6, 6.07) is 9.08. The van der Waals surface area contributed by atoms with Gasteiger partial charge in [-0.15, -0.1) is 0 Å². The smallest absolute Gasteiger partial charge is 0.0475 e. The molecule has 0 saturated carbocycles. The highest BCUT2D eigenvalue weighted by Crippen LogP contribution is 2.26. The molecule has 0 aliphatic carbocycles. The van der Waals surface area contributed by atoms with Gasteiger partial charge in [0.05, 0.1) is 0 Å². The highest BCUT2D eigenvalue weighted by molar-refractivity contribution is 5.24. The van der Waals surface area contributed by atoms with E-state index < -0.39 is 0 Å². The number of benzene rings is 1. The van der Waals surface area contributed by atoms with Gasteiger partial charge in [-0.1, -0.05) is 38.1 Å². The van der Waals surface area contributed by atoms with Gasteiger partial charge in [0, 0.05) is 59.0 Å². The van der Waals surface area contributed by atoms with Crippen molar-refractivity contribution in [1.29, 1.82) is 0 Å². The van der Waals surface area contributed by atoms with E-state index >= 15 is 0 Å². The number of aliphatic hydroxyl groups excluding tert-OH is 1. The molecule has 1 N–H and O–H groups in total. The predicted molar refractivity (Wildman–Crippen MR) is 104 cm³/mol. The standard InChI is InChI=1S/C21H35N3O/c1-17(2)19-6-4-18(5-7-19)12-24-14-20(21(15-24)16-25)13-23-10-8-22(3)9-11-23/h4-7,17,20-21,25H,8-16H2,1-3H3/t20-,21-/m1/s1. The zero-order valence-corrected chi connectivity index (χ0v) is 16.2. The monoisotopic (exact) mass is 345 g/mol. The first-order valence-corrected chi connectivity index (χ1v) is 9.88. The number of aliphatic hydroxyl groups is 1. The lowest BCUT2D eigenvalue weighted by atomic mass is 9.96. The Hall–Kier alpha value is -0.940. The second-order valence-corrected chi connectivity index (χ2v) is 8.40. The van der Waals surface area contributed by atoms with Crippen molar-refractivity contribution in [1.82, 2.24) is 14.7 Å². The van der Waals surface area contributed by atoms with E-state index in [1.165, 1.54) is 37.3 Å². The van der Waals surface area contributed by atoms with Crippen molar-refractivity contribution in [3.05, 3.63) is 35.4 Å². The van der Waals surface area contributed by atoms with Gasteiger partial charge in [0.25, 0.3) is 0 Å². The minimum Gasteiger partial charge on any atom is -0.396 e.